The van der Waals surface area contributed by atoms with Gasteiger partial charge in [-0.05, 0) is 24.3 Å². The summed E-state index contributed by atoms with van der Waals surface area (Å²) in [4.78, 5) is 21.2. The molecule has 0 atom stereocenters. The third kappa shape index (κ3) is 2.30. The number of benzene rings is 1. The molecule has 3 rings (SSSR count). The van der Waals surface area contributed by atoms with Gasteiger partial charge in [0.25, 0.3) is 0 Å². The maximum absolute atomic E-state index is 10.9. The molecule has 110 valence electrons. The van der Waals surface area contributed by atoms with Crippen molar-refractivity contribution in [3.8, 4) is 16.9 Å². The van der Waals surface area contributed by atoms with Crippen LogP contribution in [0.5, 0.6) is 0 Å². The minimum atomic E-state index is -1.01. The van der Waals surface area contributed by atoms with Crippen molar-refractivity contribution in [1.29, 1.82) is 0 Å². The first-order valence-electron chi connectivity index (χ1n) is 6.13. The Bertz CT molecular complexity index is 849. The third-order valence-electron chi connectivity index (χ3n) is 3.07. The van der Waals surface area contributed by atoms with Gasteiger partial charge in [-0.25, -0.2) is 9.48 Å². The molecule has 2 heterocycles. The molecule has 9 heteroatoms. The second kappa shape index (κ2) is 5.13. The molecule has 22 heavy (non-hydrogen) atoms. The standard InChI is InChI=1S/C13H9N5O4/c19-13(20)8-1-3-10(4-2-8)17-7-9(5-15-17)12-11(18(21)22)6-14-16-12/h1-7H,(H,14,16)(H,19,20). The highest BCUT2D eigenvalue weighted by atomic mass is 16.6. The number of nitrogens with one attached hydrogen (secondary N) is 1. The highest BCUT2D eigenvalue weighted by Gasteiger charge is 2.19. The van der Waals surface area contributed by atoms with Gasteiger partial charge in [-0.15, -0.1) is 0 Å². The summed E-state index contributed by atoms with van der Waals surface area (Å²) in [5.74, 6) is -1.01. The molecule has 0 saturated carbocycles. The van der Waals surface area contributed by atoms with E-state index in [0.717, 1.165) is 6.20 Å². The first-order chi connectivity index (χ1) is 10.6. The second-order valence-corrected chi connectivity index (χ2v) is 4.41. The highest BCUT2D eigenvalue weighted by Crippen LogP contribution is 2.27. The van der Waals surface area contributed by atoms with Gasteiger partial charge in [-0.1, -0.05) is 0 Å². The second-order valence-electron chi connectivity index (χ2n) is 4.41. The van der Waals surface area contributed by atoms with Crippen molar-refractivity contribution in [3.05, 3.63) is 58.5 Å². The minimum absolute atomic E-state index is 0.138. The Morgan fingerprint density at radius 3 is 2.64 bits per heavy atom. The van der Waals surface area contributed by atoms with Gasteiger partial charge in [0, 0.05) is 11.8 Å². The quantitative estimate of drug-likeness (QED) is 0.559. The van der Waals surface area contributed by atoms with E-state index in [-0.39, 0.29) is 16.9 Å². The molecule has 9 nitrogen and oxygen atoms in total. The summed E-state index contributed by atoms with van der Waals surface area (Å²) < 4.78 is 1.49. The minimum Gasteiger partial charge on any atom is -0.478 e. The fourth-order valence-corrected chi connectivity index (χ4v) is 1.98. The maximum atomic E-state index is 10.9. The van der Waals surface area contributed by atoms with Crippen molar-refractivity contribution >= 4 is 11.7 Å². The van der Waals surface area contributed by atoms with E-state index in [9.17, 15) is 14.9 Å². The van der Waals surface area contributed by atoms with Crippen LogP contribution < -0.4 is 0 Å². The van der Waals surface area contributed by atoms with Gasteiger partial charge in [0.1, 0.15) is 11.9 Å². The molecule has 0 bridgehead atoms. The van der Waals surface area contributed by atoms with Crippen molar-refractivity contribution in [2.45, 2.75) is 0 Å². The smallest absolute Gasteiger partial charge is 0.335 e. The summed E-state index contributed by atoms with van der Waals surface area (Å²) in [6.45, 7) is 0. The zero-order valence-electron chi connectivity index (χ0n) is 11.0. The molecule has 0 fully saturated rings. The number of H-pyrrole nitrogens is 1. The number of rotatable bonds is 4. The maximum Gasteiger partial charge on any atom is 0.335 e. The van der Waals surface area contributed by atoms with E-state index in [2.05, 4.69) is 15.3 Å². The molecule has 0 aliphatic carbocycles. The van der Waals surface area contributed by atoms with Crippen LogP contribution in [0.15, 0.2) is 42.9 Å². The molecular formula is C13H9N5O4. The monoisotopic (exact) mass is 299 g/mol. The fourth-order valence-electron chi connectivity index (χ4n) is 1.98. The third-order valence-corrected chi connectivity index (χ3v) is 3.07. The number of nitro groups is 1. The SMILES string of the molecule is O=C(O)c1ccc(-n2cc(-c3[nH]ncc3[N+](=O)[O-])cn2)cc1. The lowest BCUT2D eigenvalue weighted by molar-refractivity contribution is -0.384. The lowest BCUT2D eigenvalue weighted by Crippen LogP contribution is -1.98. The molecule has 2 N–H and O–H groups in total. The molecule has 0 amide bonds. The molecule has 0 unspecified atom stereocenters. The van der Waals surface area contributed by atoms with Gasteiger partial charge in [0.15, 0.2) is 0 Å². The largest absolute Gasteiger partial charge is 0.478 e. The number of hydrogen-bond acceptors (Lipinski definition) is 5. The summed E-state index contributed by atoms with van der Waals surface area (Å²) in [6.07, 6.45) is 4.19. The van der Waals surface area contributed by atoms with Crippen molar-refractivity contribution < 1.29 is 14.8 Å². The van der Waals surface area contributed by atoms with Crippen molar-refractivity contribution in [3.63, 3.8) is 0 Å². The topological polar surface area (TPSA) is 127 Å². The summed E-state index contributed by atoms with van der Waals surface area (Å²) in [5.41, 5.74) is 1.43. The van der Waals surface area contributed by atoms with E-state index in [1.165, 1.54) is 23.0 Å². The molecule has 1 aromatic carbocycles. The zero-order chi connectivity index (χ0) is 15.7. The highest BCUT2D eigenvalue weighted by molar-refractivity contribution is 5.87. The summed E-state index contributed by atoms with van der Waals surface area (Å²) in [5, 5.41) is 30.1. The van der Waals surface area contributed by atoms with Crippen molar-refractivity contribution in [2.24, 2.45) is 0 Å². The first-order valence-corrected chi connectivity index (χ1v) is 6.13. The molecule has 0 saturated heterocycles. The number of carbonyl (C=O) groups is 1. The molecule has 0 aliphatic heterocycles. The van der Waals surface area contributed by atoms with Gasteiger partial charge >= 0.3 is 11.7 Å². The predicted octanol–water partition coefficient (Wildman–Crippen LogP) is 1.87. The lowest BCUT2D eigenvalue weighted by atomic mass is 10.2. The average Bonchev–Trinajstić information content (AvgIpc) is 3.16. The number of nitrogens with zero attached hydrogens (tertiary/aromatic N) is 4. The van der Waals surface area contributed by atoms with Crippen LogP contribution in [0.2, 0.25) is 0 Å². The fraction of sp³-hybridized carbons (Fsp3) is 0. The molecule has 0 radical (unpaired) electrons. The summed E-state index contributed by atoms with van der Waals surface area (Å²) in [7, 11) is 0. The molecule has 0 spiro atoms. The van der Waals surface area contributed by atoms with Crippen LogP contribution in [-0.4, -0.2) is 36.0 Å². The molecule has 3 aromatic rings. The van der Waals surface area contributed by atoms with Gasteiger partial charge in [-0.2, -0.15) is 10.2 Å². The number of carboxylic acid groups (broad SMARTS) is 1. The van der Waals surface area contributed by atoms with Crippen LogP contribution in [0.1, 0.15) is 10.4 Å². The zero-order valence-corrected chi connectivity index (χ0v) is 11.0. The Morgan fingerprint density at radius 2 is 2.00 bits per heavy atom. The van der Waals surface area contributed by atoms with E-state index >= 15 is 0 Å². The van der Waals surface area contributed by atoms with Crippen LogP contribution in [0.25, 0.3) is 16.9 Å². The van der Waals surface area contributed by atoms with Crippen LogP contribution in [-0.2, 0) is 0 Å². The molecule has 0 aliphatic rings. The number of carboxylic acids is 1. The van der Waals surface area contributed by atoms with Gasteiger partial charge in [0.2, 0.25) is 0 Å². The Labute approximate surface area is 123 Å². The van der Waals surface area contributed by atoms with Gasteiger partial charge in [-0.3, -0.25) is 15.2 Å². The summed E-state index contributed by atoms with van der Waals surface area (Å²) in [6, 6.07) is 6.11. The van der Waals surface area contributed by atoms with Crippen LogP contribution in [0, 0.1) is 10.1 Å². The summed E-state index contributed by atoms with van der Waals surface area (Å²) >= 11 is 0. The molecule has 2 aromatic heterocycles. The van der Waals surface area contributed by atoms with E-state index in [4.69, 9.17) is 5.11 Å². The van der Waals surface area contributed by atoms with E-state index in [0.29, 0.717) is 11.3 Å². The number of aromatic amines is 1. The van der Waals surface area contributed by atoms with Crippen molar-refractivity contribution in [1.82, 2.24) is 20.0 Å². The normalized spacial score (nSPS) is 10.5. The van der Waals surface area contributed by atoms with Gasteiger partial charge in [0.05, 0.1) is 22.4 Å². The van der Waals surface area contributed by atoms with E-state index in [1.54, 1.807) is 18.3 Å². The van der Waals surface area contributed by atoms with Gasteiger partial charge < -0.3 is 5.11 Å². The average molecular weight is 299 g/mol. The van der Waals surface area contributed by atoms with Crippen molar-refractivity contribution in [2.75, 3.05) is 0 Å². The predicted molar refractivity (Wildman–Crippen MR) is 74.8 cm³/mol. The Hall–Kier alpha value is -3.49. The first kappa shape index (κ1) is 13.5. The molecular weight excluding hydrogens is 290 g/mol. The number of aromatic carboxylic acids is 1. The van der Waals surface area contributed by atoms with Crippen LogP contribution in [0.4, 0.5) is 5.69 Å². The van der Waals surface area contributed by atoms with E-state index in [1.807, 2.05) is 0 Å². The Morgan fingerprint density at radius 1 is 1.27 bits per heavy atom. The lowest BCUT2D eigenvalue weighted by Gasteiger charge is -2.01. The Kier molecular flexibility index (Phi) is 3.14. The van der Waals surface area contributed by atoms with E-state index < -0.39 is 10.9 Å². The van der Waals surface area contributed by atoms with Crippen LogP contribution >= 0.6 is 0 Å². The Balaban J connectivity index is 1.95. The number of hydrogen-bond donors (Lipinski definition) is 2. The number of aromatic nitrogens is 4. The van der Waals surface area contributed by atoms with Crippen LogP contribution in [0.3, 0.4) is 0 Å².